The second-order valence-corrected chi connectivity index (χ2v) is 3.54. The fourth-order valence-electron chi connectivity index (χ4n) is 1.11. The van der Waals surface area contributed by atoms with Crippen molar-refractivity contribution in [3.05, 3.63) is 0 Å². The van der Waals surface area contributed by atoms with E-state index in [0.29, 0.717) is 0 Å². The lowest BCUT2D eigenvalue weighted by Gasteiger charge is -2.33. The van der Waals surface area contributed by atoms with Crippen molar-refractivity contribution in [2.45, 2.75) is 0 Å². The highest BCUT2D eigenvalue weighted by molar-refractivity contribution is 6.16. The summed E-state index contributed by atoms with van der Waals surface area (Å²) in [5, 5.41) is 0. The van der Waals surface area contributed by atoms with Crippen LogP contribution in [0.4, 0.5) is 0 Å². The number of rotatable bonds is 1. The van der Waals surface area contributed by atoms with Gasteiger partial charge < -0.3 is 4.48 Å². The normalized spacial score (nSPS) is 24.8. The van der Waals surface area contributed by atoms with E-state index >= 15 is 0 Å². The maximum Gasteiger partial charge on any atom is 0.191 e. The van der Waals surface area contributed by atoms with E-state index in [-0.39, 0.29) is 0 Å². The number of halogens is 1. The van der Waals surface area contributed by atoms with E-state index in [1.165, 1.54) is 0 Å². The highest BCUT2D eigenvalue weighted by atomic mass is 35.5. The minimum absolute atomic E-state index is 0.730. The van der Waals surface area contributed by atoms with Crippen molar-refractivity contribution in [2.24, 2.45) is 0 Å². The Hall–Kier alpha value is -0.0800. The Kier molecular flexibility index (Phi) is 2.32. The van der Waals surface area contributed by atoms with Crippen molar-refractivity contribution in [1.82, 2.24) is 0 Å². The number of nitrogens with zero attached hydrogens (tertiary/aromatic N) is 2. The van der Waals surface area contributed by atoms with Gasteiger partial charge in [-0.05, 0) is 0 Å². The molecule has 0 unspecified atom stereocenters. The first-order valence-corrected chi connectivity index (χ1v) is 4.15. The van der Waals surface area contributed by atoms with Gasteiger partial charge in [-0.15, -0.1) is 0 Å². The standard InChI is InChI=1S/C7H15ClN2/c1-9-3-5-10(2,7-8)6-4-9/h1,3-7H2,2H3/q+2. The quantitative estimate of drug-likeness (QED) is 0.227. The molecule has 0 N–H and O–H groups in total. The molecule has 1 fully saturated rings. The average Bonchev–Trinajstić information content (AvgIpc) is 1.96. The Bertz CT molecular complexity index is 135. The SMILES string of the molecule is C=[N+]1CC[N+](C)(CCl)CC1. The third kappa shape index (κ3) is 1.70. The molecular formula is C7H15ClN2+2. The van der Waals surface area contributed by atoms with Crippen LogP contribution in [-0.2, 0) is 0 Å². The molecule has 0 bridgehead atoms. The summed E-state index contributed by atoms with van der Waals surface area (Å²) in [4.78, 5) is 0. The third-order valence-electron chi connectivity index (χ3n) is 2.20. The molecule has 0 aromatic carbocycles. The van der Waals surface area contributed by atoms with Crippen molar-refractivity contribution in [3.8, 4) is 0 Å². The van der Waals surface area contributed by atoms with Gasteiger partial charge >= 0.3 is 0 Å². The van der Waals surface area contributed by atoms with Gasteiger partial charge in [-0.25, -0.2) is 4.58 Å². The third-order valence-corrected chi connectivity index (χ3v) is 2.78. The van der Waals surface area contributed by atoms with Crippen LogP contribution in [0.25, 0.3) is 0 Å². The van der Waals surface area contributed by atoms with Crippen LogP contribution in [0.15, 0.2) is 0 Å². The maximum atomic E-state index is 5.80. The number of likely N-dealkylation sites (N-methyl/N-ethyl adjacent to an activating group) is 1. The molecule has 0 aromatic rings. The lowest BCUT2D eigenvalue weighted by atomic mass is 10.3. The highest BCUT2D eigenvalue weighted by Gasteiger charge is 2.28. The predicted molar refractivity (Wildman–Crippen MR) is 43.8 cm³/mol. The van der Waals surface area contributed by atoms with Crippen molar-refractivity contribution in [2.75, 3.05) is 39.2 Å². The van der Waals surface area contributed by atoms with Crippen LogP contribution < -0.4 is 0 Å². The van der Waals surface area contributed by atoms with E-state index in [4.69, 9.17) is 11.6 Å². The topological polar surface area (TPSA) is 3.01 Å². The van der Waals surface area contributed by atoms with E-state index < -0.39 is 0 Å². The van der Waals surface area contributed by atoms with Crippen molar-refractivity contribution in [3.63, 3.8) is 0 Å². The molecular weight excluding hydrogens is 148 g/mol. The molecule has 0 spiro atoms. The van der Waals surface area contributed by atoms with Gasteiger partial charge in [0.05, 0.1) is 7.05 Å². The number of hydrogen-bond acceptors (Lipinski definition) is 0. The molecule has 1 aliphatic heterocycles. The number of hydrogen-bond donors (Lipinski definition) is 0. The summed E-state index contributed by atoms with van der Waals surface area (Å²) in [7, 11) is 2.19. The number of piperazine rings is 1. The largest absolute Gasteiger partial charge is 0.303 e. The molecule has 1 rings (SSSR count). The molecule has 0 amide bonds. The molecule has 3 heteroatoms. The summed E-state index contributed by atoms with van der Waals surface area (Å²) >= 11 is 5.80. The summed E-state index contributed by atoms with van der Waals surface area (Å²) < 4.78 is 3.10. The molecule has 0 aromatic heterocycles. The smallest absolute Gasteiger partial charge is 0.191 e. The van der Waals surface area contributed by atoms with Crippen molar-refractivity contribution in [1.29, 1.82) is 0 Å². The van der Waals surface area contributed by atoms with E-state index in [1.807, 2.05) is 0 Å². The molecule has 0 aliphatic carbocycles. The van der Waals surface area contributed by atoms with Gasteiger partial charge in [0.1, 0.15) is 19.8 Å². The van der Waals surface area contributed by atoms with Crippen LogP contribution in [0.3, 0.4) is 0 Å². The minimum atomic E-state index is 0.730. The second kappa shape index (κ2) is 2.89. The molecule has 10 heavy (non-hydrogen) atoms. The van der Waals surface area contributed by atoms with Gasteiger partial charge in [-0.3, -0.25) is 0 Å². The minimum Gasteiger partial charge on any atom is -0.303 e. The van der Waals surface area contributed by atoms with Gasteiger partial charge in [0, 0.05) is 0 Å². The average molecular weight is 163 g/mol. The zero-order chi connectivity index (χ0) is 7.61. The van der Waals surface area contributed by atoms with Gasteiger partial charge in [0.25, 0.3) is 0 Å². The van der Waals surface area contributed by atoms with Gasteiger partial charge in [0.2, 0.25) is 0 Å². The van der Waals surface area contributed by atoms with Gasteiger partial charge in [-0.2, -0.15) is 0 Å². The van der Waals surface area contributed by atoms with Crippen molar-refractivity contribution < 1.29 is 9.06 Å². The van der Waals surface area contributed by atoms with Crippen LogP contribution in [0, 0.1) is 0 Å². The molecule has 1 aliphatic rings. The number of quaternary nitrogens is 1. The fraction of sp³-hybridized carbons (Fsp3) is 0.857. The lowest BCUT2D eigenvalue weighted by molar-refractivity contribution is -0.928. The van der Waals surface area contributed by atoms with E-state index in [2.05, 4.69) is 18.3 Å². The highest BCUT2D eigenvalue weighted by Crippen LogP contribution is 2.07. The lowest BCUT2D eigenvalue weighted by Crippen LogP contribution is -2.53. The van der Waals surface area contributed by atoms with Crippen LogP contribution in [-0.4, -0.2) is 55.0 Å². The molecule has 0 atom stereocenters. The summed E-state index contributed by atoms with van der Waals surface area (Å²) in [5.74, 6) is 0. The fourth-order valence-corrected chi connectivity index (χ4v) is 1.35. The molecule has 1 heterocycles. The van der Waals surface area contributed by atoms with E-state index in [9.17, 15) is 0 Å². The van der Waals surface area contributed by atoms with Crippen LogP contribution >= 0.6 is 11.6 Å². The van der Waals surface area contributed by atoms with Crippen LogP contribution in [0.5, 0.6) is 0 Å². The van der Waals surface area contributed by atoms with Gasteiger partial charge in [0.15, 0.2) is 19.1 Å². The molecule has 0 saturated carbocycles. The Morgan fingerprint density at radius 2 is 2.00 bits per heavy atom. The first kappa shape index (κ1) is 8.02. The Labute approximate surface area is 67.3 Å². The molecule has 58 valence electrons. The first-order valence-electron chi connectivity index (χ1n) is 3.61. The Balaban J connectivity index is 2.46. The molecule has 2 nitrogen and oxygen atoms in total. The Morgan fingerprint density at radius 3 is 2.40 bits per heavy atom. The second-order valence-electron chi connectivity index (χ2n) is 3.30. The van der Waals surface area contributed by atoms with Crippen molar-refractivity contribution >= 4 is 18.3 Å². The summed E-state index contributed by atoms with van der Waals surface area (Å²) in [6.45, 7) is 8.29. The monoisotopic (exact) mass is 162 g/mol. The van der Waals surface area contributed by atoms with Gasteiger partial charge in [-0.1, -0.05) is 11.6 Å². The van der Waals surface area contributed by atoms with Crippen LogP contribution in [0.1, 0.15) is 0 Å². The van der Waals surface area contributed by atoms with E-state index in [0.717, 1.165) is 36.7 Å². The maximum absolute atomic E-state index is 5.80. The molecule has 1 saturated heterocycles. The predicted octanol–water partition coefficient (Wildman–Crippen LogP) is 0.356. The summed E-state index contributed by atoms with van der Waals surface area (Å²) in [6.07, 6.45) is 0. The van der Waals surface area contributed by atoms with E-state index in [1.54, 1.807) is 0 Å². The first-order chi connectivity index (χ1) is 4.66. The summed E-state index contributed by atoms with van der Waals surface area (Å²) in [6, 6.07) is 0.730. The molecule has 0 radical (unpaired) electrons. The summed E-state index contributed by atoms with van der Waals surface area (Å²) in [5.41, 5.74) is 0. The zero-order valence-electron chi connectivity index (χ0n) is 6.52. The Morgan fingerprint density at radius 1 is 1.50 bits per heavy atom. The number of alkyl halides is 1. The van der Waals surface area contributed by atoms with Crippen LogP contribution in [0.2, 0.25) is 0 Å². The zero-order valence-corrected chi connectivity index (χ0v) is 7.27.